The summed E-state index contributed by atoms with van der Waals surface area (Å²) in [5.74, 6) is -2.29. The topological polar surface area (TPSA) is 60.4 Å². The van der Waals surface area contributed by atoms with Crippen molar-refractivity contribution < 1.29 is 19.1 Å². The van der Waals surface area contributed by atoms with Crippen molar-refractivity contribution in [3.8, 4) is 0 Å². The molecule has 0 aromatic heterocycles. The molecule has 0 bridgehead atoms. The number of allylic oxidation sites excluding steroid dienone is 2. The van der Waals surface area contributed by atoms with Gasteiger partial charge in [-0.25, -0.2) is 0 Å². The first-order chi connectivity index (χ1) is 15.7. The van der Waals surface area contributed by atoms with Crippen LogP contribution in [0.1, 0.15) is 56.5 Å². The molecule has 0 amide bonds. The predicted molar refractivity (Wildman–Crippen MR) is 129 cm³/mol. The van der Waals surface area contributed by atoms with Gasteiger partial charge in [0.15, 0.2) is 5.78 Å². The molecule has 0 spiro atoms. The van der Waals surface area contributed by atoms with E-state index < -0.39 is 17.8 Å². The Balaban J connectivity index is 1.80. The van der Waals surface area contributed by atoms with Gasteiger partial charge in [0, 0.05) is 17.9 Å². The van der Waals surface area contributed by atoms with Crippen LogP contribution < -0.4 is 0 Å². The number of benzene rings is 2. The van der Waals surface area contributed by atoms with E-state index in [9.17, 15) is 14.4 Å². The Hall–Kier alpha value is -3.01. The standard InChI is InChI=1S/C29H34O4/c1-20-12-11-17-29(3,4)26(20)24(30)18-21(2)25(27(31)23-15-9-6-10-16-23)28(32)33-19-22-13-7-5-8-14-22/h5-16,20-21,25-26H,17-19H2,1-4H3. The molecule has 0 saturated carbocycles. The Bertz CT molecular complexity index is 991. The zero-order valence-corrected chi connectivity index (χ0v) is 20.0. The SMILES string of the molecule is CC1C=CCC(C)(C)C1C(=O)CC(C)C(C(=O)OCc1ccccc1)C(=O)c1ccccc1. The largest absolute Gasteiger partial charge is 0.460 e. The molecule has 0 fully saturated rings. The van der Waals surface area contributed by atoms with Crippen molar-refractivity contribution in [1.29, 1.82) is 0 Å². The zero-order chi connectivity index (χ0) is 24.0. The molecule has 4 nitrogen and oxygen atoms in total. The van der Waals surface area contributed by atoms with Crippen LogP contribution in [0.3, 0.4) is 0 Å². The van der Waals surface area contributed by atoms with Crippen molar-refractivity contribution in [1.82, 2.24) is 0 Å². The number of ketones is 2. The van der Waals surface area contributed by atoms with Crippen LogP contribution in [-0.2, 0) is 20.9 Å². The van der Waals surface area contributed by atoms with Crippen molar-refractivity contribution in [3.63, 3.8) is 0 Å². The van der Waals surface area contributed by atoms with Gasteiger partial charge in [-0.2, -0.15) is 0 Å². The number of carbonyl (C=O) groups excluding carboxylic acids is 3. The summed E-state index contributed by atoms with van der Waals surface area (Å²) in [4.78, 5) is 39.9. The highest BCUT2D eigenvalue weighted by atomic mass is 16.5. The number of hydrogen-bond donors (Lipinski definition) is 0. The summed E-state index contributed by atoms with van der Waals surface area (Å²) in [6.07, 6.45) is 5.24. The maximum atomic E-state index is 13.4. The first kappa shape index (κ1) is 24.6. The highest BCUT2D eigenvalue weighted by Crippen LogP contribution is 2.42. The predicted octanol–water partition coefficient (Wildman–Crippen LogP) is 6.06. The summed E-state index contributed by atoms with van der Waals surface area (Å²) in [7, 11) is 0. The van der Waals surface area contributed by atoms with Crippen molar-refractivity contribution in [3.05, 3.63) is 83.9 Å². The molecule has 0 saturated heterocycles. The first-order valence-electron chi connectivity index (χ1n) is 11.7. The summed E-state index contributed by atoms with van der Waals surface area (Å²) >= 11 is 0. The van der Waals surface area contributed by atoms with Crippen LogP contribution in [0.15, 0.2) is 72.8 Å². The maximum Gasteiger partial charge on any atom is 0.317 e. The summed E-state index contributed by atoms with van der Waals surface area (Å²) in [5.41, 5.74) is 1.15. The van der Waals surface area contributed by atoms with Gasteiger partial charge < -0.3 is 4.74 Å². The van der Waals surface area contributed by atoms with Crippen molar-refractivity contribution >= 4 is 17.5 Å². The van der Waals surface area contributed by atoms with Crippen LogP contribution in [0.2, 0.25) is 0 Å². The molecule has 2 aromatic rings. The molecule has 3 rings (SSSR count). The molecular weight excluding hydrogens is 412 g/mol. The fraction of sp³-hybridized carbons (Fsp3) is 0.414. The molecule has 33 heavy (non-hydrogen) atoms. The molecule has 174 valence electrons. The average Bonchev–Trinajstić information content (AvgIpc) is 2.78. The van der Waals surface area contributed by atoms with E-state index in [2.05, 4.69) is 32.9 Å². The van der Waals surface area contributed by atoms with E-state index in [0.717, 1.165) is 12.0 Å². The molecule has 1 aliphatic carbocycles. The second-order valence-corrected chi connectivity index (χ2v) is 9.91. The molecule has 4 atom stereocenters. The number of esters is 1. The van der Waals surface area contributed by atoms with E-state index >= 15 is 0 Å². The van der Waals surface area contributed by atoms with Crippen LogP contribution in [0, 0.1) is 29.1 Å². The minimum atomic E-state index is -1.03. The Morgan fingerprint density at radius 3 is 2.21 bits per heavy atom. The normalized spacial score (nSPS) is 21.1. The Morgan fingerprint density at radius 2 is 1.61 bits per heavy atom. The molecule has 2 aromatic carbocycles. The van der Waals surface area contributed by atoms with E-state index in [4.69, 9.17) is 4.74 Å². The van der Waals surface area contributed by atoms with Gasteiger partial charge in [-0.05, 0) is 29.2 Å². The lowest BCUT2D eigenvalue weighted by Crippen LogP contribution is -2.40. The second-order valence-electron chi connectivity index (χ2n) is 9.91. The molecule has 4 unspecified atom stereocenters. The third-order valence-electron chi connectivity index (χ3n) is 6.71. The molecule has 0 radical (unpaired) electrons. The smallest absolute Gasteiger partial charge is 0.317 e. The number of carbonyl (C=O) groups is 3. The van der Waals surface area contributed by atoms with E-state index in [1.165, 1.54) is 0 Å². The summed E-state index contributed by atoms with van der Waals surface area (Å²) in [5, 5.41) is 0. The van der Waals surface area contributed by atoms with Crippen molar-refractivity contribution in [2.24, 2.45) is 29.1 Å². The van der Waals surface area contributed by atoms with Crippen LogP contribution in [0.5, 0.6) is 0 Å². The zero-order valence-electron chi connectivity index (χ0n) is 20.0. The number of hydrogen-bond acceptors (Lipinski definition) is 4. The molecule has 1 aliphatic rings. The maximum absolute atomic E-state index is 13.4. The van der Waals surface area contributed by atoms with Gasteiger partial charge in [-0.3, -0.25) is 14.4 Å². The highest BCUT2D eigenvalue weighted by Gasteiger charge is 2.42. The van der Waals surface area contributed by atoms with Crippen LogP contribution in [0.25, 0.3) is 0 Å². The highest BCUT2D eigenvalue weighted by molar-refractivity contribution is 6.09. The average molecular weight is 447 g/mol. The lowest BCUT2D eigenvalue weighted by Gasteiger charge is -2.39. The van der Waals surface area contributed by atoms with Crippen molar-refractivity contribution in [2.75, 3.05) is 0 Å². The minimum absolute atomic E-state index is 0.0936. The van der Waals surface area contributed by atoms with Gasteiger partial charge in [0.1, 0.15) is 18.3 Å². The summed E-state index contributed by atoms with van der Waals surface area (Å²) in [6.45, 7) is 8.19. The van der Waals surface area contributed by atoms with Crippen LogP contribution in [-0.4, -0.2) is 17.5 Å². The van der Waals surface area contributed by atoms with E-state index in [1.807, 2.05) is 43.3 Å². The molecule has 0 N–H and O–H groups in total. The number of ether oxygens (including phenoxy) is 1. The van der Waals surface area contributed by atoms with Crippen molar-refractivity contribution in [2.45, 2.75) is 47.1 Å². The van der Waals surface area contributed by atoms with Gasteiger partial charge >= 0.3 is 5.97 Å². The lowest BCUT2D eigenvalue weighted by atomic mass is 9.64. The minimum Gasteiger partial charge on any atom is -0.460 e. The number of rotatable bonds is 9. The van der Waals surface area contributed by atoms with Gasteiger partial charge in [0.2, 0.25) is 0 Å². The fourth-order valence-electron chi connectivity index (χ4n) is 5.03. The Kier molecular flexibility index (Phi) is 8.01. The Morgan fingerprint density at radius 1 is 1.00 bits per heavy atom. The molecule has 0 heterocycles. The van der Waals surface area contributed by atoms with E-state index in [0.29, 0.717) is 5.56 Å². The van der Waals surface area contributed by atoms with Gasteiger partial charge in [-0.1, -0.05) is 101 Å². The summed E-state index contributed by atoms with van der Waals surface area (Å²) in [6, 6.07) is 18.1. The number of Topliss-reactive ketones (excluding diaryl/α,β-unsaturated/α-hetero) is 2. The second kappa shape index (κ2) is 10.7. The van der Waals surface area contributed by atoms with Gasteiger partial charge in [-0.15, -0.1) is 0 Å². The first-order valence-corrected chi connectivity index (χ1v) is 11.7. The Labute approximate surface area is 197 Å². The third kappa shape index (κ3) is 6.07. The molecule has 4 heteroatoms. The van der Waals surface area contributed by atoms with E-state index in [-0.39, 0.29) is 41.8 Å². The molecule has 0 aliphatic heterocycles. The quantitative estimate of drug-likeness (QED) is 0.203. The van der Waals surface area contributed by atoms with Crippen LogP contribution in [0.4, 0.5) is 0 Å². The van der Waals surface area contributed by atoms with Gasteiger partial charge in [0.05, 0.1) is 0 Å². The lowest BCUT2D eigenvalue weighted by molar-refractivity contribution is -0.149. The van der Waals surface area contributed by atoms with E-state index in [1.54, 1.807) is 24.3 Å². The van der Waals surface area contributed by atoms with Crippen LogP contribution >= 0.6 is 0 Å². The monoisotopic (exact) mass is 446 g/mol. The fourth-order valence-corrected chi connectivity index (χ4v) is 5.03. The third-order valence-corrected chi connectivity index (χ3v) is 6.71. The van der Waals surface area contributed by atoms with Gasteiger partial charge in [0.25, 0.3) is 0 Å². The summed E-state index contributed by atoms with van der Waals surface area (Å²) < 4.78 is 5.56. The molecular formula is C29H34O4.